The number of anilines is 4. The van der Waals surface area contributed by atoms with Gasteiger partial charge in [-0.25, -0.2) is 9.97 Å². The van der Waals surface area contributed by atoms with Crippen molar-refractivity contribution >= 4 is 44.8 Å². The lowest BCUT2D eigenvalue weighted by atomic mass is 10.1. The summed E-state index contributed by atoms with van der Waals surface area (Å²) in [7, 11) is 0. The largest absolute Gasteiger partial charge is 0.395 e. The van der Waals surface area contributed by atoms with Crippen molar-refractivity contribution in [2.24, 2.45) is 0 Å². The monoisotopic (exact) mass is 240 g/mol. The predicted molar refractivity (Wildman–Crippen MR) is 74.7 cm³/mol. The van der Waals surface area contributed by atoms with Crippen molar-refractivity contribution in [2.45, 2.75) is 0 Å². The van der Waals surface area contributed by atoms with Crippen LogP contribution in [0.25, 0.3) is 22.1 Å². The lowest BCUT2D eigenvalue weighted by Crippen LogP contribution is -2.07. The molecule has 0 amide bonds. The number of para-hydroxylation sites is 2. The van der Waals surface area contributed by atoms with E-state index >= 15 is 0 Å². The van der Waals surface area contributed by atoms with Gasteiger partial charge in [-0.15, -0.1) is 0 Å². The highest BCUT2D eigenvalue weighted by Gasteiger charge is 2.14. The van der Waals surface area contributed by atoms with Gasteiger partial charge < -0.3 is 22.9 Å². The Labute approximate surface area is 103 Å². The van der Waals surface area contributed by atoms with E-state index in [0.717, 1.165) is 11.0 Å². The molecule has 3 aromatic rings. The van der Waals surface area contributed by atoms with Crippen molar-refractivity contribution in [2.75, 3.05) is 22.9 Å². The Hall–Kier alpha value is -2.76. The maximum atomic E-state index is 5.92. The van der Waals surface area contributed by atoms with Crippen molar-refractivity contribution in [1.82, 2.24) is 9.97 Å². The summed E-state index contributed by atoms with van der Waals surface area (Å²) in [5.41, 5.74) is 27.0. The van der Waals surface area contributed by atoms with Crippen LogP contribution in [0.3, 0.4) is 0 Å². The number of aromatic nitrogens is 2. The van der Waals surface area contributed by atoms with Gasteiger partial charge in [0.05, 0.1) is 33.8 Å². The molecule has 0 fully saturated rings. The highest BCUT2D eigenvalue weighted by atomic mass is 14.9. The molecule has 6 nitrogen and oxygen atoms in total. The summed E-state index contributed by atoms with van der Waals surface area (Å²) in [6.07, 6.45) is 0. The van der Waals surface area contributed by atoms with Gasteiger partial charge in [0.25, 0.3) is 0 Å². The second-order valence-corrected chi connectivity index (χ2v) is 4.06. The van der Waals surface area contributed by atoms with Crippen LogP contribution >= 0.6 is 0 Å². The molecule has 1 aromatic heterocycles. The third-order valence-electron chi connectivity index (χ3n) is 2.95. The number of hydrogen-bond acceptors (Lipinski definition) is 6. The number of nitrogen functional groups attached to an aromatic ring is 4. The second-order valence-electron chi connectivity index (χ2n) is 4.06. The van der Waals surface area contributed by atoms with Gasteiger partial charge in [0.15, 0.2) is 0 Å². The predicted octanol–water partition coefficient (Wildman–Crippen LogP) is 1.11. The normalized spacial score (nSPS) is 11.1. The first-order valence-electron chi connectivity index (χ1n) is 5.38. The lowest BCUT2D eigenvalue weighted by Gasteiger charge is -2.11. The van der Waals surface area contributed by atoms with Crippen LogP contribution in [-0.4, -0.2) is 9.97 Å². The standard InChI is InChI=1S/C12H12N6/c13-7-8(14)10(16)12-11(9(7)15)17-5-3-1-2-4-6(5)18-12/h1-4H,13-16H2. The molecule has 0 aliphatic rings. The topological polar surface area (TPSA) is 130 Å². The van der Waals surface area contributed by atoms with E-state index in [9.17, 15) is 0 Å². The first kappa shape index (κ1) is 10.4. The molecular formula is C12H12N6. The number of rotatable bonds is 0. The SMILES string of the molecule is Nc1c(N)c(N)c2nc3ccccc3nc2c1N. The lowest BCUT2D eigenvalue weighted by molar-refractivity contribution is 1.40. The Morgan fingerprint density at radius 3 is 1.39 bits per heavy atom. The summed E-state index contributed by atoms with van der Waals surface area (Å²) in [4.78, 5) is 8.87. The van der Waals surface area contributed by atoms with Crippen LogP contribution in [-0.2, 0) is 0 Å². The number of nitrogens with two attached hydrogens (primary N) is 4. The molecule has 0 saturated heterocycles. The number of nitrogens with zero attached hydrogens (tertiary/aromatic N) is 2. The molecule has 0 unspecified atom stereocenters. The fourth-order valence-electron chi connectivity index (χ4n) is 1.92. The first-order chi connectivity index (χ1) is 8.59. The van der Waals surface area contributed by atoms with Crippen LogP contribution in [0.2, 0.25) is 0 Å². The second kappa shape index (κ2) is 3.36. The molecule has 0 atom stereocenters. The van der Waals surface area contributed by atoms with Crippen LogP contribution in [0.5, 0.6) is 0 Å². The molecule has 18 heavy (non-hydrogen) atoms. The van der Waals surface area contributed by atoms with Gasteiger partial charge in [-0.3, -0.25) is 0 Å². The zero-order valence-corrected chi connectivity index (χ0v) is 9.51. The van der Waals surface area contributed by atoms with Crippen LogP contribution in [0.15, 0.2) is 24.3 Å². The van der Waals surface area contributed by atoms with Crippen molar-refractivity contribution in [3.8, 4) is 0 Å². The molecule has 0 aliphatic heterocycles. The Balaban J connectivity index is 2.58. The van der Waals surface area contributed by atoms with Gasteiger partial charge in [0.1, 0.15) is 11.0 Å². The van der Waals surface area contributed by atoms with Crippen LogP contribution < -0.4 is 22.9 Å². The minimum absolute atomic E-state index is 0.254. The number of fused-ring (bicyclic) bond motifs is 2. The summed E-state index contributed by atoms with van der Waals surface area (Å²) in [5, 5.41) is 0. The quantitative estimate of drug-likeness (QED) is 0.344. The van der Waals surface area contributed by atoms with Crippen molar-refractivity contribution < 1.29 is 0 Å². The zero-order valence-electron chi connectivity index (χ0n) is 9.51. The molecule has 90 valence electrons. The summed E-state index contributed by atoms with van der Waals surface area (Å²) < 4.78 is 0. The Kier molecular flexibility index (Phi) is 1.94. The third kappa shape index (κ3) is 1.22. The van der Waals surface area contributed by atoms with Gasteiger partial charge in [0, 0.05) is 0 Å². The van der Waals surface area contributed by atoms with E-state index < -0.39 is 0 Å². The van der Waals surface area contributed by atoms with E-state index in [-0.39, 0.29) is 11.4 Å². The van der Waals surface area contributed by atoms with Gasteiger partial charge in [-0.05, 0) is 12.1 Å². The summed E-state index contributed by atoms with van der Waals surface area (Å²) in [6.45, 7) is 0. The Morgan fingerprint density at radius 1 is 0.611 bits per heavy atom. The molecule has 0 spiro atoms. The van der Waals surface area contributed by atoms with Crippen molar-refractivity contribution in [3.05, 3.63) is 24.3 Å². The number of hydrogen-bond donors (Lipinski definition) is 4. The molecule has 0 saturated carbocycles. The van der Waals surface area contributed by atoms with E-state index in [1.54, 1.807) is 0 Å². The van der Waals surface area contributed by atoms with Gasteiger partial charge in [0.2, 0.25) is 0 Å². The maximum absolute atomic E-state index is 5.92. The Bertz CT molecular complexity index is 714. The third-order valence-corrected chi connectivity index (χ3v) is 2.95. The van der Waals surface area contributed by atoms with Gasteiger partial charge in [-0.1, -0.05) is 12.1 Å². The molecule has 3 rings (SSSR count). The molecule has 0 bridgehead atoms. The van der Waals surface area contributed by atoms with E-state index in [1.165, 1.54) is 0 Å². The van der Waals surface area contributed by atoms with Crippen molar-refractivity contribution in [1.29, 1.82) is 0 Å². The van der Waals surface area contributed by atoms with E-state index in [2.05, 4.69) is 9.97 Å². The molecule has 1 heterocycles. The van der Waals surface area contributed by atoms with Crippen molar-refractivity contribution in [3.63, 3.8) is 0 Å². The minimum atomic E-state index is 0.254. The van der Waals surface area contributed by atoms with Crippen LogP contribution in [0.4, 0.5) is 22.7 Å². The molecule has 6 heteroatoms. The first-order valence-corrected chi connectivity index (χ1v) is 5.38. The number of benzene rings is 2. The average Bonchev–Trinajstić information content (AvgIpc) is 2.41. The summed E-state index contributed by atoms with van der Waals surface area (Å²) >= 11 is 0. The zero-order chi connectivity index (χ0) is 12.9. The highest BCUT2D eigenvalue weighted by Crippen LogP contribution is 2.37. The molecule has 0 radical (unpaired) electrons. The molecule has 0 aliphatic carbocycles. The van der Waals surface area contributed by atoms with E-state index in [1.807, 2.05) is 24.3 Å². The minimum Gasteiger partial charge on any atom is -0.395 e. The molecular weight excluding hydrogens is 228 g/mol. The summed E-state index contributed by atoms with van der Waals surface area (Å²) in [6, 6.07) is 7.46. The molecule has 2 aromatic carbocycles. The summed E-state index contributed by atoms with van der Waals surface area (Å²) in [5.74, 6) is 0. The molecule has 8 N–H and O–H groups in total. The van der Waals surface area contributed by atoms with E-state index in [4.69, 9.17) is 22.9 Å². The highest BCUT2D eigenvalue weighted by molar-refractivity contribution is 6.09. The Morgan fingerprint density at radius 2 is 1.00 bits per heavy atom. The van der Waals surface area contributed by atoms with Gasteiger partial charge in [-0.2, -0.15) is 0 Å². The maximum Gasteiger partial charge on any atom is 0.117 e. The van der Waals surface area contributed by atoms with E-state index in [0.29, 0.717) is 22.4 Å². The fraction of sp³-hybridized carbons (Fsp3) is 0. The average molecular weight is 240 g/mol. The fourth-order valence-corrected chi connectivity index (χ4v) is 1.92. The van der Waals surface area contributed by atoms with Crippen LogP contribution in [0, 0.1) is 0 Å². The van der Waals surface area contributed by atoms with Gasteiger partial charge >= 0.3 is 0 Å². The van der Waals surface area contributed by atoms with Crippen LogP contribution in [0.1, 0.15) is 0 Å². The smallest absolute Gasteiger partial charge is 0.117 e.